The van der Waals surface area contributed by atoms with Gasteiger partial charge in [0.05, 0.1) is 25.1 Å². The van der Waals surface area contributed by atoms with E-state index in [1.54, 1.807) is 12.1 Å². The topological polar surface area (TPSA) is 135 Å². The number of methoxy groups -OCH3 is 1. The summed E-state index contributed by atoms with van der Waals surface area (Å²) in [5, 5.41) is 14.5. The van der Waals surface area contributed by atoms with Crippen LogP contribution in [0.25, 0.3) is 16.9 Å². The molecule has 2 amide bonds. The average Bonchev–Trinajstić information content (AvgIpc) is 3.14. The molecule has 0 aliphatic rings. The summed E-state index contributed by atoms with van der Waals surface area (Å²) in [5.74, 6) is -1.65. The number of ether oxygens (including phenoxy) is 1. The minimum atomic E-state index is -4.80. The first-order chi connectivity index (χ1) is 14.2. The lowest BCUT2D eigenvalue weighted by molar-refractivity contribution is -0.142. The maximum Gasteiger partial charge on any atom is 0.433 e. The maximum absolute atomic E-state index is 13.6. The summed E-state index contributed by atoms with van der Waals surface area (Å²) in [7, 11) is 1.44. The van der Waals surface area contributed by atoms with Gasteiger partial charge in [0.15, 0.2) is 17.4 Å². The molecule has 154 valence electrons. The summed E-state index contributed by atoms with van der Waals surface area (Å²) in [5.41, 5.74) is 3.33. The Kier molecular flexibility index (Phi) is 5.29. The van der Waals surface area contributed by atoms with Crippen molar-refractivity contribution in [3.63, 3.8) is 0 Å². The fourth-order valence-electron chi connectivity index (χ4n) is 2.61. The Labute approximate surface area is 166 Å². The third kappa shape index (κ3) is 3.86. The van der Waals surface area contributed by atoms with E-state index in [1.807, 2.05) is 5.32 Å². The molecule has 3 N–H and O–H groups in total. The second-order valence-corrected chi connectivity index (χ2v) is 5.98. The van der Waals surface area contributed by atoms with Crippen molar-refractivity contribution in [1.82, 2.24) is 19.9 Å². The Balaban J connectivity index is 2.16. The van der Waals surface area contributed by atoms with E-state index in [-0.39, 0.29) is 11.3 Å². The first-order valence-corrected chi connectivity index (χ1v) is 8.26. The van der Waals surface area contributed by atoms with E-state index in [9.17, 15) is 22.8 Å². The van der Waals surface area contributed by atoms with Crippen molar-refractivity contribution in [2.24, 2.45) is 5.73 Å². The highest BCUT2D eigenvalue weighted by Gasteiger charge is 2.36. The van der Waals surface area contributed by atoms with Crippen LogP contribution in [0.3, 0.4) is 0 Å². The lowest BCUT2D eigenvalue weighted by Gasteiger charge is -2.12. The van der Waals surface area contributed by atoms with Crippen molar-refractivity contribution < 1.29 is 27.5 Å². The zero-order valence-electron chi connectivity index (χ0n) is 15.3. The number of nitriles is 1. The average molecular weight is 418 g/mol. The normalized spacial score (nSPS) is 12.2. The number of amides is 2. The molecule has 0 bridgehead atoms. The minimum Gasteiger partial charge on any atom is -0.497 e. The SMILES string of the molecule is COc1ccc(-c2cc(C(F)(F)F)n3ncc(C(=O)N[C@@H](C#N)C(N)=O)c3n2)cc1. The molecule has 0 saturated carbocycles. The van der Waals surface area contributed by atoms with Crippen LogP contribution in [0.5, 0.6) is 5.75 Å². The first-order valence-electron chi connectivity index (χ1n) is 8.26. The van der Waals surface area contributed by atoms with E-state index in [2.05, 4.69) is 10.1 Å². The summed E-state index contributed by atoms with van der Waals surface area (Å²) < 4.78 is 46.3. The third-order valence-electron chi connectivity index (χ3n) is 4.08. The summed E-state index contributed by atoms with van der Waals surface area (Å²) in [6.45, 7) is 0. The van der Waals surface area contributed by atoms with Gasteiger partial charge in [0, 0.05) is 5.56 Å². The first kappa shape index (κ1) is 20.6. The number of aromatic nitrogens is 3. The fraction of sp³-hybridized carbons (Fsp3) is 0.167. The molecule has 0 aliphatic heterocycles. The van der Waals surface area contributed by atoms with Gasteiger partial charge in [-0.25, -0.2) is 9.50 Å². The number of nitrogens with two attached hydrogens (primary N) is 1. The fourth-order valence-corrected chi connectivity index (χ4v) is 2.61. The molecule has 0 aliphatic carbocycles. The molecule has 12 heteroatoms. The number of carbonyl (C=O) groups is 2. The van der Waals surface area contributed by atoms with Crippen molar-refractivity contribution in [3.8, 4) is 23.1 Å². The highest BCUT2D eigenvalue weighted by molar-refractivity contribution is 6.02. The van der Waals surface area contributed by atoms with Crippen molar-refractivity contribution >= 4 is 17.5 Å². The standard InChI is InChI=1S/C18H13F3N6O3/c1-30-10-4-2-9(3-5-10)12-6-14(18(19,20)21)27-16(25-12)11(8-24-27)17(29)26-13(7-22)15(23)28/h2-6,8,13H,1H3,(H2,23,28)(H,26,29)/t13-/m0/s1. The van der Waals surface area contributed by atoms with E-state index >= 15 is 0 Å². The van der Waals surface area contributed by atoms with Crippen LogP contribution in [-0.2, 0) is 11.0 Å². The van der Waals surface area contributed by atoms with Crippen molar-refractivity contribution in [3.05, 3.63) is 47.8 Å². The summed E-state index contributed by atoms with van der Waals surface area (Å²) in [6, 6.07) is 6.71. The number of rotatable bonds is 5. The molecule has 0 saturated heterocycles. The van der Waals surface area contributed by atoms with Crippen LogP contribution in [-0.4, -0.2) is 39.6 Å². The maximum atomic E-state index is 13.6. The van der Waals surface area contributed by atoms with Crippen LogP contribution >= 0.6 is 0 Å². The van der Waals surface area contributed by atoms with Gasteiger partial charge in [-0.15, -0.1) is 0 Å². The molecular weight excluding hydrogens is 405 g/mol. The van der Waals surface area contributed by atoms with Gasteiger partial charge in [0.25, 0.3) is 11.8 Å². The Bertz CT molecular complexity index is 1160. The smallest absolute Gasteiger partial charge is 0.433 e. The van der Waals surface area contributed by atoms with Crippen molar-refractivity contribution in [1.29, 1.82) is 5.26 Å². The van der Waals surface area contributed by atoms with Crippen molar-refractivity contribution in [2.45, 2.75) is 12.2 Å². The Morgan fingerprint density at radius 1 is 1.30 bits per heavy atom. The van der Waals surface area contributed by atoms with E-state index in [0.29, 0.717) is 15.8 Å². The largest absolute Gasteiger partial charge is 0.497 e. The second kappa shape index (κ2) is 7.70. The van der Waals surface area contributed by atoms with E-state index in [0.717, 1.165) is 12.3 Å². The summed E-state index contributed by atoms with van der Waals surface area (Å²) in [4.78, 5) is 27.7. The van der Waals surface area contributed by atoms with Crippen LogP contribution in [0.2, 0.25) is 0 Å². The third-order valence-corrected chi connectivity index (χ3v) is 4.08. The van der Waals surface area contributed by atoms with Gasteiger partial charge in [-0.3, -0.25) is 9.59 Å². The molecule has 0 spiro atoms. The van der Waals surface area contributed by atoms with Gasteiger partial charge in [-0.1, -0.05) is 0 Å². The van der Waals surface area contributed by atoms with Gasteiger partial charge >= 0.3 is 6.18 Å². The predicted molar refractivity (Wildman–Crippen MR) is 96.0 cm³/mol. The second-order valence-electron chi connectivity index (χ2n) is 5.98. The van der Waals surface area contributed by atoms with Gasteiger partial charge in [-0.05, 0) is 30.3 Å². The van der Waals surface area contributed by atoms with Crippen LogP contribution in [0.4, 0.5) is 13.2 Å². The number of alkyl halides is 3. The monoisotopic (exact) mass is 418 g/mol. The number of hydrogen-bond acceptors (Lipinski definition) is 6. The number of carbonyl (C=O) groups excluding carboxylic acids is 2. The lowest BCUT2D eigenvalue weighted by Crippen LogP contribution is -2.43. The number of nitrogens with zero attached hydrogens (tertiary/aromatic N) is 4. The quantitative estimate of drug-likeness (QED) is 0.645. The number of benzene rings is 1. The molecule has 3 rings (SSSR count). The van der Waals surface area contributed by atoms with Crippen LogP contribution in [0.15, 0.2) is 36.5 Å². The Hall–Kier alpha value is -4.14. The molecule has 1 atom stereocenters. The number of halogens is 3. The predicted octanol–water partition coefficient (Wildman–Crippen LogP) is 1.53. The van der Waals surface area contributed by atoms with Gasteiger partial charge < -0.3 is 15.8 Å². The van der Waals surface area contributed by atoms with Crippen LogP contribution in [0.1, 0.15) is 16.1 Å². The van der Waals surface area contributed by atoms with Crippen molar-refractivity contribution in [2.75, 3.05) is 7.11 Å². The zero-order chi connectivity index (χ0) is 22.1. The van der Waals surface area contributed by atoms with Gasteiger partial charge in [-0.2, -0.15) is 23.5 Å². The lowest BCUT2D eigenvalue weighted by atomic mass is 10.1. The van der Waals surface area contributed by atoms with Crippen LogP contribution in [0, 0.1) is 11.3 Å². The van der Waals surface area contributed by atoms with E-state index in [1.165, 1.54) is 25.3 Å². The zero-order valence-corrected chi connectivity index (χ0v) is 15.3. The minimum absolute atomic E-state index is 0.0706. The Morgan fingerprint density at radius 2 is 1.97 bits per heavy atom. The summed E-state index contributed by atoms with van der Waals surface area (Å²) in [6.07, 6.45) is -3.94. The molecule has 2 aromatic heterocycles. The number of hydrogen-bond donors (Lipinski definition) is 2. The number of nitrogens with one attached hydrogen (secondary N) is 1. The molecule has 30 heavy (non-hydrogen) atoms. The Morgan fingerprint density at radius 3 is 2.50 bits per heavy atom. The summed E-state index contributed by atoms with van der Waals surface area (Å²) >= 11 is 0. The van der Waals surface area contributed by atoms with Gasteiger partial charge in [0.1, 0.15) is 11.3 Å². The number of fused-ring (bicyclic) bond motifs is 1. The van der Waals surface area contributed by atoms with Crippen LogP contribution < -0.4 is 15.8 Å². The molecule has 0 fully saturated rings. The molecule has 1 aromatic carbocycles. The molecule has 3 aromatic rings. The number of primary amides is 1. The molecule has 2 heterocycles. The van der Waals surface area contributed by atoms with E-state index in [4.69, 9.17) is 15.7 Å². The molecular formula is C18H13F3N6O3. The van der Waals surface area contributed by atoms with E-state index < -0.39 is 35.4 Å². The van der Waals surface area contributed by atoms with Gasteiger partial charge in [0.2, 0.25) is 0 Å². The highest BCUT2D eigenvalue weighted by Crippen LogP contribution is 2.33. The molecule has 9 nitrogen and oxygen atoms in total. The molecule has 0 radical (unpaired) electrons. The highest BCUT2D eigenvalue weighted by atomic mass is 19.4. The molecule has 0 unspecified atom stereocenters.